The van der Waals surface area contributed by atoms with Crippen molar-refractivity contribution in [2.45, 2.75) is 44.6 Å². The molecule has 172 valence electrons. The van der Waals surface area contributed by atoms with E-state index in [1.807, 2.05) is 0 Å². The first-order valence-electron chi connectivity index (χ1n) is 11.2. The van der Waals surface area contributed by atoms with Gasteiger partial charge in [0.15, 0.2) is 11.5 Å². The van der Waals surface area contributed by atoms with Gasteiger partial charge in [0.1, 0.15) is 10.0 Å². The van der Waals surface area contributed by atoms with E-state index in [2.05, 4.69) is 48.7 Å². The van der Waals surface area contributed by atoms with Crippen molar-refractivity contribution < 1.29 is 9.90 Å². The zero-order valence-electron chi connectivity index (χ0n) is 18.1. The molecule has 1 aromatic carbocycles. The van der Waals surface area contributed by atoms with Gasteiger partial charge in [0.2, 0.25) is 5.95 Å². The fourth-order valence-electron chi connectivity index (χ4n) is 4.68. The molecule has 1 atom stereocenters. The number of fused-ring (bicyclic) bond motifs is 1. The van der Waals surface area contributed by atoms with E-state index in [9.17, 15) is 9.90 Å². The molecule has 0 unspecified atom stereocenters. The van der Waals surface area contributed by atoms with Crippen LogP contribution < -0.4 is 10.6 Å². The molecule has 1 fully saturated rings. The van der Waals surface area contributed by atoms with Crippen LogP contribution >= 0.6 is 22.9 Å². The van der Waals surface area contributed by atoms with Crippen LogP contribution in [0.1, 0.15) is 47.3 Å². The minimum absolute atomic E-state index is 0.0674. The second-order valence-electron chi connectivity index (χ2n) is 8.43. The molecular formula is C23H25ClN6O2S. The number of thiazole rings is 1. The number of benzene rings is 1. The van der Waals surface area contributed by atoms with E-state index >= 15 is 0 Å². The predicted octanol–water partition coefficient (Wildman–Crippen LogP) is 5.12. The van der Waals surface area contributed by atoms with E-state index in [1.165, 1.54) is 72.9 Å². The molecule has 8 nitrogen and oxygen atoms in total. The SMILES string of the molecule is O=C(O)c1ncsc1Nc1nc(Nc2ccc3c(c2)CC[C@@H](N2CCCC2)CC3)ncc1Cl. The molecule has 0 bridgehead atoms. The van der Waals surface area contributed by atoms with Crippen LogP contribution in [0.4, 0.5) is 22.5 Å². The van der Waals surface area contributed by atoms with Gasteiger partial charge < -0.3 is 20.6 Å². The number of anilines is 4. The lowest BCUT2D eigenvalue weighted by Gasteiger charge is -2.25. The van der Waals surface area contributed by atoms with Gasteiger partial charge in [0, 0.05) is 11.7 Å². The summed E-state index contributed by atoms with van der Waals surface area (Å²) in [7, 11) is 0. The normalized spacial score (nSPS) is 18.5. The lowest BCUT2D eigenvalue weighted by molar-refractivity contribution is 0.0692. The lowest BCUT2D eigenvalue weighted by Crippen LogP contribution is -2.32. The average Bonchev–Trinajstić information content (AvgIpc) is 3.46. The summed E-state index contributed by atoms with van der Waals surface area (Å²) in [5.74, 6) is -0.407. The molecule has 1 saturated heterocycles. The number of likely N-dealkylation sites (tertiary alicyclic amines) is 1. The number of aromatic carboxylic acids is 1. The quantitative estimate of drug-likeness (QED) is 0.414. The van der Waals surface area contributed by atoms with Crippen LogP contribution in [0.25, 0.3) is 0 Å². The fraction of sp³-hybridized carbons (Fsp3) is 0.391. The third kappa shape index (κ3) is 4.95. The molecule has 5 rings (SSSR count). The molecule has 3 heterocycles. The first-order chi connectivity index (χ1) is 16.1. The minimum Gasteiger partial charge on any atom is -0.476 e. The third-order valence-corrected chi connectivity index (χ3v) is 7.38. The molecule has 1 aliphatic carbocycles. The van der Waals surface area contributed by atoms with Gasteiger partial charge in [-0.15, -0.1) is 11.3 Å². The van der Waals surface area contributed by atoms with Gasteiger partial charge in [-0.05, 0) is 74.9 Å². The maximum Gasteiger partial charge on any atom is 0.357 e. The van der Waals surface area contributed by atoms with Crippen molar-refractivity contribution in [1.82, 2.24) is 19.9 Å². The van der Waals surface area contributed by atoms with E-state index in [0.29, 0.717) is 27.8 Å². The Balaban J connectivity index is 1.30. The zero-order chi connectivity index (χ0) is 22.8. The van der Waals surface area contributed by atoms with Gasteiger partial charge in [-0.2, -0.15) is 4.98 Å². The number of carboxylic acid groups (broad SMARTS) is 1. The smallest absolute Gasteiger partial charge is 0.357 e. The molecule has 0 spiro atoms. The molecule has 0 saturated carbocycles. The number of hydrogen-bond acceptors (Lipinski definition) is 8. The average molecular weight is 485 g/mol. The Labute approximate surface area is 201 Å². The van der Waals surface area contributed by atoms with Crippen molar-refractivity contribution in [3.8, 4) is 0 Å². The number of rotatable bonds is 6. The maximum absolute atomic E-state index is 11.3. The summed E-state index contributed by atoms with van der Waals surface area (Å²) in [6.45, 7) is 2.49. The second kappa shape index (κ2) is 9.62. The van der Waals surface area contributed by atoms with E-state index in [1.54, 1.807) is 0 Å². The summed E-state index contributed by atoms with van der Waals surface area (Å²) in [5.41, 5.74) is 5.12. The number of nitrogens with zero attached hydrogens (tertiary/aromatic N) is 4. The van der Waals surface area contributed by atoms with Crippen molar-refractivity contribution in [2.75, 3.05) is 23.7 Å². The number of carbonyl (C=O) groups is 1. The van der Waals surface area contributed by atoms with Crippen molar-refractivity contribution in [2.24, 2.45) is 0 Å². The van der Waals surface area contributed by atoms with Crippen LogP contribution in [-0.2, 0) is 12.8 Å². The summed E-state index contributed by atoms with van der Waals surface area (Å²) in [6, 6.07) is 7.15. The highest BCUT2D eigenvalue weighted by Crippen LogP contribution is 2.31. The first-order valence-corrected chi connectivity index (χ1v) is 12.4. The molecule has 3 aromatic rings. The first kappa shape index (κ1) is 22.1. The number of carboxylic acids is 1. The summed E-state index contributed by atoms with van der Waals surface area (Å²) in [6.07, 6.45) is 8.76. The highest BCUT2D eigenvalue weighted by molar-refractivity contribution is 7.14. The Hall–Kier alpha value is -2.75. The molecule has 2 aromatic heterocycles. The minimum atomic E-state index is -1.11. The monoisotopic (exact) mass is 484 g/mol. The van der Waals surface area contributed by atoms with Gasteiger partial charge in [-0.3, -0.25) is 0 Å². The number of halogens is 1. The van der Waals surface area contributed by atoms with E-state index in [0.717, 1.165) is 18.5 Å². The second-order valence-corrected chi connectivity index (χ2v) is 9.70. The van der Waals surface area contributed by atoms with Crippen LogP contribution in [0.5, 0.6) is 0 Å². The summed E-state index contributed by atoms with van der Waals surface area (Å²) >= 11 is 7.42. The summed E-state index contributed by atoms with van der Waals surface area (Å²) in [5, 5.41) is 16.2. The zero-order valence-corrected chi connectivity index (χ0v) is 19.6. The van der Waals surface area contributed by atoms with Crippen LogP contribution in [0.15, 0.2) is 29.9 Å². The molecule has 2 aliphatic rings. The van der Waals surface area contributed by atoms with Gasteiger partial charge >= 0.3 is 5.97 Å². The van der Waals surface area contributed by atoms with E-state index in [-0.39, 0.29) is 5.69 Å². The third-order valence-electron chi connectivity index (χ3n) is 6.36. The number of aryl methyl sites for hydroxylation is 2. The Morgan fingerprint density at radius 2 is 1.91 bits per heavy atom. The van der Waals surface area contributed by atoms with Crippen molar-refractivity contribution in [3.63, 3.8) is 0 Å². The molecule has 0 amide bonds. The fourth-order valence-corrected chi connectivity index (χ4v) is 5.49. The van der Waals surface area contributed by atoms with Gasteiger partial charge in [-0.25, -0.2) is 14.8 Å². The summed E-state index contributed by atoms with van der Waals surface area (Å²) in [4.78, 5) is 26.6. The Morgan fingerprint density at radius 1 is 1.12 bits per heavy atom. The van der Waals surface area contributed by atoms with Gasteiger partial charge in [0.25, 0.3) is 0 Å². The highest BCUT2D eigenvalue weighted by atomic mass is 35.5. The van der Waals surface area contributed by atoms with E-state index < -0.39 is 5.97 Å². The highest BCUT2D eigenvalue weighted by Gasteiger charge is 2.24. The van der Waals surface area contributed by atoms with Gasteiger partial charge in [0.05, 0.1) is 11.7 Å². The standard InChI is InChI=1S/C23H25ClN6O2S/c24-18-12-25-23(29-20(18)28-21-19(22(31)32)26-13-33-21)27-16-6-3-14-4-7-17(8-5-15(14)11-16)30-9-1-2-10-30/h3,6,11-13,17H,1-2,4-5,7-10H2,(H,31,32)(H2,25,27,28,29)/t17-/m0/s1. The molecule has 0 radical (unpaired) electrons. The predicted molar refractivity (Wildman–Crippen MR) is 130 cm³/mol. The van der Waals surface area contributed by atoms with Crippen molar-refractivity contribution >= 4 is 51.4 Å². The largest absolute Gasteiger partial charge is 0.476 e. The molecule has 1 aliphatic heterocycles. The number of aromatic nitrogens is 3. The molecular weight excluding hydrogens is 460 g/mol. The van der Waals surface area contributed by atoms with E-state index in [4.69, 9.17) is 11.6 Å². The van der Waals surface area contributed by atoms with Gasteiger partial charge in [-0.1, -0.05) is 17.7 Å². The Kier molecular flexibility index (Phi) is 6.43. The maximum atomic E-state index is 11.3. The van der Waals surface area contributed by atoms with Crippen LogP contribution in [0.3, 0.4) is 0 Å². The number of hydrogen-bond donors (Lipinski definition) is 3. The lowest BCUT2D eigenvalue weighted by atomic mass is 10.0. The topological polar surface area (TPSA) is 103 Å². The molecule has 33 heavy (non-hydrogen) atoms. The van der Waals surface area contributed by atoms with Crippen LogP contribution in [0, 0.1) is 0 Å². The summed E-state index contributed by atoms with van der Waals surface area (Å²) < 4.78 is 0. The number of nitrogens with one attached hydrogen (secondary N) is 2. The van der Waals surface area contributed by atoms with Crippen molar-refractivity contribution in [1.29, 1.82) is 0 Å². The van der Waals surface area contributed by atoms with Crippen LogP contribution in [-0.4, -0.2) is 50.1 Å². The Bertz CT molecular complexity index is 1160. The van der Waals surface area contributed by atoms with Crippen molar-refractivity contribution in [3.05, 3.63) is 51.7 Å². The van der Waals surface area contributed by atoms with Crippen LogP contribution in [0.2, 0.25) is 5.02 Å². The molecule has 10 heteroatoms. The molecule has 3 N–H and O–H groups in total. The Morgan fingerprint density at radius 3 is 2.70 bits per heavy atom.